The maximum atomic E-state index is 12.5. The van der Waals surface area contributed by atoms with Crippen LogP contribution in [0, 0.1) is 5.92 Å². The lowest BCUT2D eigenvalue weighted by atomic mass is 9.90. The molecule has 1 aliphatic rings. The molecule has 0 saturated heterocycles. The molecule has 74 valence electrons. The molecule has 0 aromatic rings. The van der Waals surface area contributed by atoms with E-state index in [4.69, 9.17) is 0 Å². The monoisotopic (exact) mass is 194 g/mol. The Labute approximate surface area is 73.4 Å². The van der Waals surface area contributed by atoms with E-state index < -0.39 is 23.7 Å². The van der Waals surface area contributed by atoms with Gasteiger partial charge in [0.1, 0.15) is 0 Å². The first-order chi connectivity index (χ1) is 5.79. The molecule has 5 heteroatoms. The van der Waals surface area contributed by atoms with Gasteiger partial charge in [-0.2, -0.15) is 13.2 Å². The normalized spacial score (nSPS) is 28.3. The minimum atomic E-state index is -4.55. The van der Waals surface area contributed by atoms with E-state index in [1.807, 2.05) is 0 Å². The maximum absolute atomic E-state index is 12.5. The zero-order valence-corrected chi connectivity index (χ0v) is 7.18. The van der Waals surface area contributed by atoms with Crippen LogP contribution in [0.15, 0.2) is 12.2 Å². The van der Waals surface area contributed by atoms with E-state index in [0.29, 0.717) is 0 Å². The summed E-state index contributed by atoms with van der Waals surface area (Å²) in [6.07, 6.45) is -2.96. The lowest BCUT2D eigenvalue weighted by Gasteiger charge is -2.32. The van der Waals surface area contributed by atoms with Gasteiger partial charge in [-0.05, 0) is 6.08 Å². The molecule has 2 nitrogen and oxygen atoms in total. The minimum absolute atomic E-state index is 0.778. The zero-order valence-electron chi connectivity index (χ0n) is 7.18. The van der Waals surface area contributed by atoms with Crippen molar-refractivity contribution in [3.8, 4) is 0 Å². The second kappa shape index (κ2) is 2.75. The zero-order chi connectivity index (χ0) is 10.3. The number of cyclic esters (lactones) is 1. The summed E-state index contributed by atoms with van der Waals surface area (Å²) in [5.74, 6) is -1.76. The highest BCUT2D eigenvalue weighted by Crippen LogP contribution is 2.43. The van der Waals surface area contributed by atoms with Crippen LogP contribution in [0.4, 0.5) is 13.2 Å². The third-order valence-corrected chi connectivity index (χ3v) is 2.04. The molecular weight excluding hydrogens is 185 g/mol. The van der Waals surface area contributed by atoms with E-state index in [9.17, 15) is 18.0 Å². The number of ether oxygens (including phenoxy) is 1. The van der Waals surface area contributed by atoms with E-state index in [1.165, 1.54) is 13.8 Å². The van der Waals surface area contributed by atoms with Crippen molar-refractivity contribution in [1.29, 1.82) is 0 Å². The smallest absolute Gasteiger partial charge is 0.432 e. The van der Waals surface area contributed by atoms with Gasteiger partial charge in [0.2, 0.25) is 5.60 Å². The number of hydrogen-bond acceptors (Lipinski definition) is 2. The summed E-state index contributed by atoms with van der Waals surface area (Å²) in [5.41, 5.74) is -2.43. The molecule has 0 bridgehead atoms. The van der Waals surface area contributed by atoms with Gasteiger partial charge in [0.05, 0.1) is 0 Å². The summed E-state index contributed by atoms with van der Waals surface area (Å²) < 4.78 is 41.8. The van der Waals surface area contributed by atoms with Gasteiger partial charge in [-0.15, -0.1) is 0 Å². The number of hydrogen-bond donors (Lipinski definition) is 0. The van der Waals surface area contributed by atoms with Crippen molar-refractivity contribution in [2.45, 2.75) is 25.6 Å². The topological polar surface area (TPSA) is 26.3 Å². The quantitative estimate of drug-likeness (QED) is 0.597. The maximum Gasteiger partial charge on any atom is 0.432 e. The fourth-order valence-electron chi connectivity index (χ4n) is 1.22. The number of esters is 1. The summed E-state index contributed by atoms with van der Waals surface area (Å²) in [7, 11) is 0. The van der Waals surface area contributed by atoms with Crippen LogP contribution in [0.3, 0.4) is 0 Å². The Balaban J connectivity index is 3.05. The van der Waals surface area contributed by atoms with Gasteiger partial charge in [-0.1, -0.05) is 13.8 Å². The predicted octanol–water partition coefficient (Wildman–Crippen LogP) is 2.06. The van der Waals surface area contributed by atoms with Crippen LogP contribution in [-0.4, -0.2) is 17.7 Å². The largest absolute Gasteiger partial charge is 0.442 e. The SMILES string of the molecule is CC(C)[C@@]1(C(F)(F)F)C=CC(=O)O1. The first-order valence-corrected chi connectivity index (χ1v) is 3.78. The van der Waals surface area contributed by atoms with Crippen molar-refractivity contribution < 1.29 is 22.7 Å². The predicted molar refractivity (Wildman–Crippen MR) is 38.9 cm³/mol. The molecule has 1 atom stereocenters. The molecular formula is C8H9F3O2. The third-order valence-electron chi connectivity index (χ3n) is 2.04. The molecule has 0 aromatic carbocycles. The summed E-state index contributed by atoms with van der Waals surface area (Å²) in [5, 5.41) is 0. The summed E-state index contributed by atoms with van der Waals surface area (Å²) in [4.78, 5) is 10.6. The van der Waals surface area contributed by atoms with Crippen molar-refractivity contribution in [3.63, 3.8) is 0 Å². The average molecular weight is 194 g/mol. The van der Waals surface area contributed by atoms with E-state index >= 15 is 0 Å². The van der Waals surface area contributed by atoms with Gasteiger partial charge in [0, 0.05) is 12.0 Å². The van der Waals surface area contributed by atoms with E-state index in [-0.39, 0.29) is 0 Å². The molecule has 13 heavy (non-hydrogen) atoms. The average Bonchev–Trinajstić information content (AvgIpc) is 2.30. The van der Waals surface area contributed by atoms with Gasteiger partial charge in [-0.25, -0.2) is 4.79 Å². The van der Waals surface area contributed by atoms with Crippen molar-refractivity contribution in [2.24, 2.45) is 5.92 Å². The first-order valence-electron chi connectivity index (χ1n) is 3.78. The van der Waals surface area contributed by atoms with E-state index in [2.05, 4.69) is 4.74 Å². The van der Waals surface area contributed by atoms with Gasteiger partial charge in [-0.3, -0.25) is 0 Å². The second-order valence-electron chi connectivity index (χ2n) is 3.20. The Morgan fingerprint density at radius 1 is 1.46 bits per heavy atom. The molecule has 0 spiro atoms. The van der Waals surface area contributed by atoms with Crippen LogP contribution < -0.4 is 0 Å². The summed E-state index contributed by atoms with van der Waals surface area (Å²) in [6, 6.07) is 0. The Kier molecular flexibility index (Phi) is 2.13. The van der Waals surface area contributed by atoms with Crippen molar-refractivity contribution in [3.05, 3.63) is 12.2 Å². The molecule has 0 aliphatic carbocycles. The molecule has 0 aromatic heterocycles. The first kappa shape index (κ1) is 10.1. The Hall–Kier alpha value is -1.00. The van der Waals surface area contributed by atoms with Crippen molar-refractivity contribution in [2.75, 3.05) is 0 Å². The van der Waals surface area contributed by atoms with Gasteiger partial charge in [0.15, 0.2) is 0 Å². The molecule has 1 rings (SSSR count). The summed E-state index contributed by atoms with van der Waals surface area (Å²) in [6.45, 7) is 2.72. The highest BCUT2D eigenvalue weighted by Gasteiger charge is 2.60. The molecule has 0 unspecified atom stereocenters. The standard InChI is InChI=1S/C8H9F3O2/c1-5(2)7(8(9,10)11)4-3-6(12)13-7/h3-5H,1-2H3/t7-/m1/s1. The van der Waals surface area contributed by atoms with Crippen LogP contribution in [0.25, 0.3) is 0 Å². The van der Waals surface area contributed by atoms with Gasteiger partial charge < -0.3 is 4.74 Å². The van der Waals surface area contributed by atoms with Gasteiger partial charge >= 0.3 is 12.1 Å². The van der Waals surface area contributed by atoms with E-state index in [0.717, 1.165) is 12.2 Å². The van der Waals surface area contributed by atoms with Crippen molar-refractivity contribution >= 4 is 5.97 Å². The number of halogens is 3. The Morgan fingerprint density at radius 3 is 2.15 bits per heavy atom. The Bertz CT molecular complexity index is 255. The number of alkyl halides is 3. The molecule has 0 saturated carbocycles. The molecule has 1 heterocycles. The number of carbonyl (C=O) groups excluding carboxylic acids is 1. The molecule has 1 aliphatic heterocycles. The van der Waals surface area contributed by atoms with Gasteiger partial charge in [0.25, 0.3) is 0 Å². The van der Waals surface area contributed by atoms with Crippen LogP contribution >= 0.6 is 0 Å². The lowest BCUT2D eigenvalue weighted by molar-refractivity contribution is -0.258. The molecule has 0 fully saturated rings. The van der Waals surface area contributed by atoms with E-state index in [1.54, 1.807) is 0 Å². The molecule has 0 radical (unpaired) electrons. The van der Waals surface area contributed by atoms with Crippen LogP contribution in [0.1, 0.15) is 13.8 Å². The fourth-order valence-corrected chi connectivity index (χ4v) is 1.22. The Morgan fingerprint density at radius 2 is 2.00 bits per heavy atom. The molecule has 0 N–H and O–H groups in total. The second-order valence-corrected chi connectivity index (χ2v) is 3.20. The highest BCUT2D eigenvalue weighted by atomic mass is 19.4. The third kappa shape index (κ3) is 1.43. The van der Waals surface area contributed by atoms with Crippen LogP contribution in [-0.2, 0) is 9.53 Å². The fraction of sp³-hybridized carbons (Fsp3) is 0.625. The number of carbonyl (C=O) groups is 1. The minimum Gasteiger partial charge on any atom is -0.442 e. The van der Waals surface area contributed by atoms with Crippen molar-refractivity contribution in [1.82, 2.24) is 0 Å². The molecule has 0 amide bonds. The van der Waals surface area contributed by atoms with Crippen LogP contribution in [0.5, 0.6) is 0 Å². The summed E-state index contributed by atoms with van der Waals surface area (Å²) >= 11 is 0. The lowest BCUT2D eigenvalue weighted by Crippen LogP contribution is -2.48. The van der Waals surface area contributed by atoms with Crippen LogP contribution in [0.2, 0.25) is 0 Å². The number of rotatable bonds is 1. The highest BCUT2D eigenvalue weighted by molar-refractivity contribution is 5.85.